The maximum Gasteiger partial charge on any atom is 0.407 e. The van der Waals surface area contributed by atoms with Crippen LogP contribution in [0.4, 0.5) is 4.79 Å². The molecule has 7 heteroatoms. The highest BCUT2D eigenvalue weighted by molar-refractivity contribution is 6.31. The molecule has 1 aromatic heterocycles. The monoisotopic (exact) mass is 339 g/mol. The Balaban J connectivity index is 2.07. The van der Waals surface area contributed by atoms with E-state index < -0.39 is 11.7 Å². The highest BCUT2D eigenvalue weighted by Crippen LogP contribution is 2.21. The number of carbonyl (C=O) groups excluding carboxylic acids is 1. The SMILES string of the molecule is CC(C)(C)OC(=O)NCCc1nc2ccc(Cl)cc2n1CCO. The van der Waals surface area contributed by atoms with E-state index in [9.17, 15) is 9.90 Å². The molecule has 0 aliphatic heterocycles. The van der Waals surface area contributed by atoms with Crippen LogP contribution >= 0.6 is 11.6 Å². The highest BCUT2D eigenvalue weighted by Gasteiger charge is 2.16. The first kappa shape index (κ1) is 17.6. The minimum absolute atomic E-state index is 0.00443. The van der Waals surface area contributed by atoms with Crippen molar-refractivity contribution in [3.8, 4) is 0 Å². The van der Waals surface area contributed by atoms with Gasteiger partial charge in [0.1, 0.15) is 11.4 Å². The Hall–Kier alpha value is -1.79. The summed E-state index contributed by atoms with van der Waals surface area (Å²) in [7, 11) is 0. The molecule has 0 radical (unpaired) electrons. The molecule has 0 unspecified atom stereocenters. The molecule has 2 rings (SSSR count). The summed E-state index contributed by atoms with van der Waals surface area (Å²) < 4.78 is 7.11. The zero-order valence-electron chi connectivity index (χ0n) is 13.6. The Morgan fingerprint density at radius 2 is 2.17 bits per heavy atom. The largest absolute Gasteiger partial charge is 0.444 e. The van der Waals surface area contributed by atoms with Crippen LogP contribution in [-0.2, 0) is 17.7 Å². The van der Waals surface area contributed by atoms with Crippen molar-refractivity contribution < 1.29 is 14.6 Å². The molecule has 0 spiro atoms. The van der Waals surface area contributed by atoms with Gasteiger partial charge in [-0.25, -0.2) is 9.78 Å². The van der Waals surface area contributed by atoms with E-state index >= 15 is 0 Å². The fourth-order valence-electron chi connectivity index (χ4n) is 2.28. The Morgan fingerprint density at radius 1 is 1.43 bits per heavy atom. The number of alkyl carbamates (subject to hydrolysis) is 1. The predicted octanol–water partition coefficient (Wildman–Crippen LogP) is 2.75. The molecule has 0 fully saturated rings. The van der Waals surface area contributed by atoms with Gasteiger partial charge in [0.15, 0.2) is 0 Å². The van der Waals surface area contributed by atoms with E-state index in [1.165, 1.54) is 0 Å². The van der Waals surface area contributed by atoms with E-state index in [0.29, 0.717) is 24.5 Å². The lowest BCUT2D eigenvalue weighted by Crippen LogP contribution is -2.33. The third-order valence-corrected chi connectivity index (χ3v) is 3.36. The third kappa shape index (κ3) is 4.84. The number of hydrogen-bond acceptors (Lipinski definition) is 4. The summed E-state index contributed by atoms with van der Waals surface area (Å²) in [4.78, 5) is 16.2. The molecule has 0 aliphatic rings. The zero-order valence-corrected chi connectivity index (χ0v) is 14.4. The zero-order chi connectivity index (χ0) is 17.0. The predicted molar refractivity (Wildman–Crippen MR) is 89.8 cm³/mol. The molecule has 0 saturated heterocycles. The van der Waals surface area contributed by atoms with Gasteiger partial charge in [-0.05, 0) is 39.0 Å². The number of imidazole rings is 1. The number of aliphatic hydroxyl groups excluding tert-OH is 1. The second kappa shape index (κ2) is 7.19. The molecule has 6 nitrogen and oxygen atoms in total. The summed E-state index contributed by atoms with van der Waals surface area (Å²) in [5.74, 6) is 0.785. The minimum atomic E-state index is -0.523. The molecule has 0 aliphatic carbocycles. The summed E-state index contributed by atoms with van der Waals surface area (Å²) in [5, 5.41) is 12.6. The maximum atomic E-state index is 11.7. The summed E-state index contributed by atoms with van der Waals surface area (Å²) in [6.45, 7) is 6.28. The molecular formula is C16H22ClN3O3. The number of fused-ring (bicyclic) bond motifs is 1. The van der Waals surface area contributed by atoms with Crippen molar-refractivity contribution in [1.29, 1.82) is 0 Å². The van der Waals surface area contributed by atoms with E-state index in [1.54, 1.807) is 6.07 Å². The first-order valence-corrected chi connectivity index (χ1v) is 7.90. The number of hydrogen-bond donors (Lipinski definition) is 2. The van der Waals surface area contributed by atoms with Gasteiger partial charge >= 0.3 is 6.09 Å². The molecule has 1 amide bonds. The van der Waals surface area contributed by atoms with Crippen molar-refractivity contribution in [3.63, 3.8) is 0 Å². The van der Waals surface area contributed by atoms with Crippen LogP contribution < -0.4 is 5.32 Å². The van der Waals surface area contributed by atoms with Gasteiger partial charge < -0.3 is 19.7 Å². The van der Waals surface area contributed by atoms with Crippen molar-refractivity contribution in [3.05, 3.63) is 29.0 Å². The number of benzene rings is 1. The van der Waals surface area contributed by atoms with Crippen LogP contribution in [0.3, 0.4) is 0 Å². The number of amides is 1. The Labute approximate surface area is 140 Å². The van der Waals surface area contributed by atoms with Gasteiger partial charge in [0, 0.05) is 24.5 Å². The lowest BCUT2D eigenvalue weighted by molar-refractivity contribution is 0.0528. The molecule has 0 atom stereocenters. The molecule has 0 bridgehead atoms. The van der Waals surface area contributed by atoms with E-state index in [-0.39, 0.29) is 6.61 Å². The van der Waals surface area contributed by atoms with Crippen LogP contribution in [0.2, 0.25) is 5.02 Å². The number of aliphatic hydroxyl groups is 1. The Morgan fingerprint density at radius 3 is 2.83 bits per heavy atom. The lowest BCUT2D eigenvalue weighted by atomic mass is 10.2. The average molecular weight is 340 g/mol. The summed E-state index contributed by atoms with van der Waals surface area (Å²) in [6.07, 6.45) is 0.0799. The Bertz CT molecular complexity index is 692. The molecule has 2 N–H and O–H groups in total. The highest BCUT2D eigenvalue weighted by atomic mass is 35.5. The minimum Gasteiger partial charge on any atom is -0.444 e. The summed E-state index contributed by atoms with van der Waals surface area (Å²) in [5.41, 5.74) is 1.17. The van der Waals surface area contributed by atoms with Gasteiger partial charge in [-0.2, -0.15) is 0 Å². The fraction of sp³-hybridized carbons (Fsp3) is 0.500. The normalized spacial score (nSPS) is 11.7. The van der Waals surface area contributed by atoms with Crippen LogP contribution in [-0.4, -0.2) is 39.5 Å². The van der Waals surface area contributed by atoms with Crippen LogP contribution in [0.25, 0.3) is 11.0 Å². The van der Waals surface area contributed by atoms with E-state index in [0.717, 1.165) is 16.9 Å². The van der Waals surface area contributed by atoms with E-state index in [1.807, 2.05) is 37.5 Å². The smallest absolute Gasteiger partial charge is 0.407 e. The molecule has 126 valence electrons. The Kier molecular flexibility index (Phi) is 5.49. The van der Waals surface area contributed by atoms with Gasteiger partial charge in [-0.1, -0.05) is 11.6 Å². The molecule has 1 aromatic carbocycles. The number of nitrogens with zero attached hydrogens (tertiary/aromatic N) is 2. The molecule has 2 aromatic rings. The van der Waals surface area contributed by atoms with Crippen molar-refractivity contribution >= 4 is 28.7 Å². The van der Waals surface area contributed by atoms with Crippen LogP contribution in [0, 0.1) is 0 Å². The summed E-state index contributed by atoms with van der Waals surface area (Å²) >= 11 is 6.03. The second-order valence-electron chi connectivity index (χ2n) is 6.21. The maximum absolute atomic E-state index is 11.7. The number of aromatic nitrogens is 2. The number of halogens is 1. The quantitative estimate of drug-likeness (QED) is 0.878. The fourth-order valence-corrected chi connectivity index (χ4v) is 2.44. The summed E-state index contributed by atoms with van der Waals surface area (Å²) in [6, 6.07) is 5.45. The molecule has 0 saturated carbocycles. The molecular weight excluding hydrogens is 318 g/mol. The molecule has 1 heterocycles. The van der Waals surface area contributed by atoms with Crippen molar-refractivity contribution in [2.24, 2.45) is 0 Å². The van der Waals surface area contributed by atoms with E-state index in [2.05, 4.69) is 10.3 Å². The van der Waals surface area contributed by atoms with Crippen LogP contribution in [0.1, 0.15) is 26.6 Å². The first-order chi connectivity index (χ1) is 10.8. The number of nitrogens with one attached hydrogen (secondary N) is 1. The van der Waals surface area contributed by atoms with Crippen molar-refractivity contribution in [1.82, 2.24) is 14.9 Å². The van der Waals surface area contributed by atoms with Crippen LogP contribution in [0.5, 0.6) is 0 Å². The number of carbonyl (C=O) groups is 1. The van der Waals surface area contributed by atoms with Gasteiger partial charge in [0.2, 0.25) is 0 Å². The van der Waals surface area contributed by atoms with E-state index in [4.69, 9.17) is 16.3 Å². The second-order valence-corrected chi connectivity index (χ2v) is 6.65. The number of ether oxygens (including phenoxy) is 1. The van der Waals surface area contributed by atoms with Crippen molar-refractivity contribution in [2.45, 2.75) is 39.3 Å². The number of rotatable bonds is 5. The third-order valence-electron chi connectivity index (χ3n) is 3.13. The average Bonchev–Trinajstić information content (AvgIpc) is 2.75. The van der Waals surface area contributed by atoms with Gasteiger partial charge in [0.25, 0.3) is 0 Å². The van der Waals surface area contributed by atoms with Crippen LogP contribution in [0.15, 0.2) is 18.2 Å². The molecule has 23 heavy (non-hydrogen) atoms. The van der Waals surface area contributed by atoms with Gasteiger partial charge in [0.05, 0.1) is 17.6 Å². The van der Waals surface area contributed by atoms with Crippen molar-refractivity contribution in [2.75, 3.05) is 13.2 Å². The lowest BCUT2D eigenvalue weighted by Gasteiger charge is -2.19. The first-order valence-electron chi connectivity index (χ1n) is 7.52. The topological polar surface area (TPSA) is 76.4 Å². The van der Waals surface area contributed by atoms with Gasteiger partial charge in [-0.15, -0.1) is 0 Å². The standard InChI is InChI=1S/C16H22ClN3O3/c1-16(2,3)23-15(22)18-7-6-14-19-12-5-4-11(17)10-13(12)20(14)8-9-21/h4-5,10,21H,6-9H2,1-3H3,(H,18,22). The van der Waals surface area contributed by atoms with Gasteiger partial charge in [-0.3, -0.25) is 0 Å².